The summed E-state index contributed by atoms with van der Waals surface area (Å²) in [5, 5.41) is 3.07. The van der Waals surface area contributed by atoms with E-state index in [1.165, 1.54) is 16.3 Å². The van der Waals surface area contributed by atoms with E-state index in [0.717, 1.165) is 17.4 Å². The maximum Gasteiger partial charge on any atom is 0.242 e. The first kappa shape index (κ1) is 26.7. The molecule has 1 atom stereocenters. The smallest absolute Gasteiger partial charge is 0.242 e. The summed E-state index contributed by atoms with van der Waals surface area (Å²) in [6.07, 6.45) is 1.52. The predicted octanol–water partition coefficient (Wildman–Crippen LogP) is 3.67. The van der Waals surface area contributed by atoms with E-state index >= 15 is 0 Å². The van der Waals surface area contributed by atoms with Crippen molar-refractivity contribution in [2.24, 2.45) is 0 Å². The van der Waals surface area contributed by atoms with Crippen LogP contribution >= 0.6 is 11.6 Å². The van der Waals surface area contributed by atoms with E-state index in [0.29, 0.717) is 29.2 Å². The molecule has 0 aliphatic heterocycles. The lowest BCUT2D eigenvalue weighted by Crippen LogP contribution is -2.47. The molecule has 2 amide bonds. The topological polar surface area (TPSA) is 86.8 Å². The zero-order valence-corrected chi connectivity index (χ0v) is 21.3. The summed E-state index contributed by atoms with van der Waals surface area (Å²) in [5.41, 5.74) is 3.13. The molecule has 2 aromatic carbocycles. The Morgan fingerprint density at radius 1 is 1.09 bits per heavy atom. The average molecular weight is 494 g/mol. The maximum absolute atomic E-state index is 13.2. The number of likely N-dealkylation sites (N-methyl/N-ethyl adjacent to an activating group) is 1. The van der Waals surface area contributed by atoms with Crippen molar-refractivity contribution >= 4 is 39.1 Å². The van der Waals surface area contributed by atoms with Crippen LogP contribution < -0.4 is 9.62 Å². The highest BCUT2D eigenvalue weighted by Gasteiger charge is 2.26. The summed E-state index contributed by atoms with van der Waals surface area (Å²) in [4.78, 5) is 27.0. The SMILES string of the molecule is CNC(=O)[C@@H](C)N(Cc1ccccc1C)C(=O)CCCN(c1cccc(Cl)c1C)S(C)(=O)=O. The van der Waals surface area contributed by atoms with E-state index in [2.05, 4.69) is 5.32 Å². The zero-order valence-electron chi connectivity index (χ0n) is 19.8. The van der Waals surface area contributed by atoms with Gasteiger partial charge in [-0.05, 0) is 56.0 Å². The summed E-state index contributed by atoms with van der Waals surface area (Å²) in [6.45, 7) is 5.82. The van der Waals surface area contributed by atoms with Crippen LogP contribution in [0.1, 0.15) is 36.5 Å². The Hall–Kier alpha value is -2.58. The van der Waals surface area contributed by atoms with Gasteiger partial charge >= 0.3 is 0 Å². The highest BCUT2D eigenvalue weighted by molar-refractivity contribution is 7.92. The van der Waals surface area contributed by atoms with Crippen LogP contribution in [0.15, 0.2) is 42.5 Å². The predicted molar refractivity (Wildman–Crippen MR) is 133 cm³/mol. The Balaban J connectivity index is 2.19. The van der Waals surface area contributed by atoms with Crippen LogP contribution in [0.4, 0.5) is 5.69 Å². The quantitative estimate of drug-likeness (QED) is 0.547. The van der Waals surface area contributed by atoms with Crippen LogP contribution in [-0.2, 0) is 26.2 Å². The third kappa shape index (κ3) is 6.95. The summed E-state index contributed by atoms with van der Waals surface area (Å²) >= 11 is 6.18. The molecule has 33 heavy (non-hydrogen) atoms. The number of amides is 2. The molecule has 9 heteroatoms. The lowest BCUT2D eigenvalue weighted by molar-refractivity contribution is -0.140. The minimum absolute atomic E-state index is 0.0961. The highest BCUT2D eigenvalue weighted by atomic mass is 35.5. The number of halogens is 1. The van der Waals surface area contributed by atoms with Crippen molar-refractivity contribution in [2.45, 2.75) is 46.2 Å². The molecule has 0 fully saturated rings. The Bertz CT molecular complexity index is 1100. The van der Waals surface area contributed by atoms with E-state index in [9.17, 15) is 18.0 Å². The zero-order chi connectivity index (χ0) is 24.8. The van der Waals surface area contributed by atoms with Crippen molar-refractivity contribution in [1.29, 1.82) is 0 Å². The van der Waals surface area contributed by atoms with Gasteiger partial charge in [-0.2, -0.15) is 0 Å². The number of carbonyl (C=O) groups is 2. The van der Waals surface area contributed by atoms with E-state index in [1.54, 1.807) is 32.0 Å². The van der Waals surface area contributed by atoms with Gasteiger partial charge in [0.2, 0.25) is 21.8 Å². The Labute approximate surface area is 201 Å². The molecule has 0 unspecified atom stereocenters. The monoisotopic (exact) mass is 493 g/mol. The summed E-state index contributed by atoms with van der Waals surface area (Å²) in [5.74, 6) is -0.477. The number of anilines is 1. The van der Waals surface area contributed by atoms with E-state index in [-0.39, 0.29) is 24.8 Å². The van der Waals surface area contributed by atoms with Crippen molar-refractivity contribution < 1.29 is 18.0 Å². The van der Waals surface area contributed by atoms with Crippen LogP contribution in [0, 0.1) is 13.8 Å². The second-order valence-corrected chi connectivity index (χ2v) is 10.4. The molecule has 0 bridgehead atoms. The molecule has 0 radical (unpaired) electrons. The molecule has 0 aliphatic rings. The Morgan fingerprint density at radius 2 is 1.76 bits per heavy atom. The van der Waals surface area contributed by atoms with Crippen LogP contribution in [0.2, 0.25) is 5.02 Å². The maximum atomic E-state index is 13.2. The number of nitrogens with zero attached hydrogens (tertiary/aromatic N) is 2. The molecular weight excluding hydrogens is 462 g/mol. The number of sulfonamides is 1. The lowest BCUT2D eigenvalue weighted by atomic mass is 10.1. The van der Waals surface area contributed by atoms with Gasteiger partial charge in [0.15, 0.2) is 0 Å². The largest absolute Gasteiger partial charge is 0.357 e. The number of rotatable bonds is 10. The molecule has 0 spiro atoms. The van der Waals surface area contributed by atoms with Gasteiger partial charge < -0.3 is 10.2 Å². The van der Waals surface area contributed by atoms with Gasteiger partial charge in [-0.15, -0.1) is 0 Å². The van der Waals surface area contributed by atoms with Crippen LogP contribution in [-0.4, -0.2) is 51.0 Å². The molecule has 0 heterocycles. The molecular formula is C24H32ClN3O4S. The van der Waals surface area contributed by atoms with E-state index < -0.39 is 16.1 Å². The van der Waals surface area contributed by atoms with Gasteiger partial charge in [0.25, 0.3) is 0 Å². The van der Waals surface area contributed by atoms with Crippen molar-refractivity contribution in [2.75, 3.05) is 24.2 Å². The first-order valence-corrected chi connectivity index (χ1v) is 13.0. The Kier molecular flexibility index (Phi) is 9.31. The summed E-state index contributed by atoms with van der Waals surface area (Å²) < 4.78 is 26.2. The van der Waals surface area contributed by atoms with E-state index in [4.69, 9.17) is 11.6 Å². The van der Waals surface area contributed by atoms with Crippen LogP contribution in [0.25, 0.3) is 0 Å². The second-order valence-electron chi connectivity index (χ2n) is 8.06. The number of carbonyl (C=O) groups excluding carboxylic acids is 2. The first-order valence-electron chi connectivity index (χ1n) is 10.8. The lowest BCUT2D eigenvalue weighted by Gasteiger charge is -2.29. The molecule has 7 nitrogen and oxygen atoms in total. The van der Waals surface area contributed by atoms with Crippen LogP contribution in [0.5, 0.6) is 0 Å². The molecule has 0 saturated heterocycles. The highest BCUT2D eigenvalue weighted by Crippen LogP contribution is 2.28. The molecule has 2 rings (SSSR count). The fraction of sp³-hybridized carbons (Fsp3) is 0.417. The minimum atomic E-state index is -3.58. The number of hydrogen-bond donors (Lipinski definition) is 1. The molecule has 0 saturated carbocycles. The van der Waals surface area contributed by atoms with Gasteiger partial charge in [0.1, 0.15) is 6.04 Å². The van der Waals surface area contributed by atoms with Gasteiger partial charge in [-0.3, -0.25) is 13.9 Å². The van der Waals surface area contributed by atoms with Crippen LogP contribution in [0.3, 0.4) is 0 Å². The summed E-state index contributed by atoms with van der Waals surface area (Å²) in [7, 11) is -2.04. The second kappa shape index (κ2) is 11.5. The third-order valence-corrected chi connectivity index (χ3v) is 7.27. The van der Waals surface area contributed by atoms with Gasteiger partial charge in [0.05, 0.1) is 11.9 Å². The number of hydrogen-bond acceptors (Lipinski definition) is 4. The molecule has 0 aliphatic carbocycles. The van der Waals surface area contributed by atoms with Crippen molar-refractivity contribution in [1.82, 2.24) is 10.2 Å². The minimum Gasteiger partial charge on any atom is -0.357 e. The molecule has 180 valence electrons. The molecule has 1 N–H and O–H groups in total. The van der Waals surface area contributed by atoms with Crippen molar-refractivity contribution in [3.8, 4) is 0 Å². The number of nitrogens with one attached hydrogen (secondary N) is 1. The Morgan fingerprint density at radius 3 is 2.36 bits per heavy atom. The van der Waals surface area contributed by atoms with Crippen molar-refractivity contribution in [3.05, 3.63) is 64.2 Å². The number of benzene rings is 2. The fourth-order valence-electron chi connectivity index (χ4n) is 3.61. The molecule has 0 aromatic heterocycles. The standard InChI is InChI=1S/C24H32ClN3O4S/c1-17-10-6-7-11-20(17)16-27(19(3)24(30)26-4)23(29)14-9-15-28(33(5,31)32)22-13-8-12-21(25)18(22)2/h6-8,10-13,19H,9,14-16H2,1-5H3,(H,26,30)/t19-/m1/s1. The van der Waals surface area contributed by atoms with Gasteiger partial charge in [-0.1, -0.05) is 41.9 Å². The van der Waals surface area contributed by atoms with Gasteiger partial charge in [-0.25, -0.2) is 8.42 Å². The van der Waals surface area contributed by atoms with Gasteiger partial charge in [0, 0.05) is 31.6 Å². The normalized spacial score (nSPS) is 12.2. The molecule has 2 aromatic rings. The average Bonchev–Trinajstić information content (AvgIpc) is 2.76. The van der Waals surface area contributed by atoms with Crippen molar-refractivity contribution in [3.63, 3.8) is 0 Å². The third-order valence-electron chi connectivity index (χ3n) is 5.68. The first-order chi connectivity index (χ1) is 15.5. The van der Waals surface area contributed by atoms with E-state index in [1.807, 2.05) is 31.2 Å². The summed E-state index contributed by atoms with van der Waals surface area (Å²) in [6, 6.07) is 12.1. The fourth-order valence-corrected chi connectivity index (χ4v) is 4.80. The number of aryl methyl sites for hydroxylation is 1.